The van der Waals surface area contributed by atoms with Crippen LogP contribution >= 0.6 is 0 Å². The zero-order valence-electron chi connectivity index (χ0n) is 12.2. The summed E-state index contributed by atoms with van der Waals surface area (Å²) in [6.07, 6.45) is -3.77. The fourth-order valence-electron chi connectivity index (χ4n) is 3.05. The van der Waals surface area contributed by atoms with Crippen molar-refractivity contribution in [1.82, 2.24) is 4.90 Å². The van der Waals surface area contributed by atoms with Crippen LogP contribution in [0.1, 0.15) is 24.0 Å². The third-order valence-corrected chi connectivity index (χ3v) is 4.44. The van der Waals surface area contributed by atoms with Crippen LogP contribution in [0, 0.1) is 18.7 Å². The average Bonchev–Trinajstić information content (AvgIpc) is 3.08. The lowest BCUT2D eigenvalue weighted by molar-refractivity contribution is -0.167. The maximum atomic E-state index is 13.3. The van der Waals surface area contributed by atoms with Crippen LogP contribution in [0.25, 0.3) is 0 Å². The lowest BCUT2D eigenvalue weighted by Gasteiger charge is -2.20. The summed E-state index contributed by atoms with van der Waals surface area (Å²) in [5.74, 6) is -0.367. The molecule has 120 valence electrons. The number of hydrogen-bond donors (Lipinski definition) is 0. The van der Waals surface area contributed by atoms with Gasteiger partial charge in [-0.25, -0.2) is 4.39 Å². The highest BCUT2D eigenvalue weighted by molar-refractivity contribution is 5.26. The van der Waals surface area contributed by atoms with Gasteiger partial charge >= 0.3 is 6.18 Å². The first-order valence-electron chi connectivity index (χ1n) is 7.27. The largest absolute Gasteiger partial charge is 0.437 e. The van der Waals surface area contributed by atoms with E-state index in [-0.39, 0.29) is 18.2 Å². The van der Waals surface area contributed by atoms with Gasteiger partial charge in [0, 0.05) is 19.5 Å². The van der Waals surface area contributed by atoms with Crippen molar-refractivity contribution in [1.29, 1.82) is 0 Å². The van der Waals surface area contributed by atoms with Gasteiger partial charge in [-0.15, -0.1) is 10.2 Å². The van der Waals surface area contributed by atoms with Crippen molar-refractivity contribution in [2.45, 2.75) is 38.1 Å². The van der Waals surface area contributed by atoms with Crippen molar-refractivity contribution in [3.8, 4) is 0 Å². The Balaban J connectivity index is 1.58. The summed E-state index contributed by atoms with van der Waals surface area (Å²) < 4.78 is 51.8. The van der Waals surface area contributed by atoms with Gasteiger partial charge in [0.1, 0.15) is 5.82 Å². The summed E-state index contributed by atoms with van der Waals surface area (Å²) in [5, 5.41) is 6.47. The third-order valence-electron chi connectivity index (χ3n) is 4.44. The van der Waals surface area contributed by atoms with Gasteiger partial charge in [-0.1, -0.05) is 6.07 Å². The molecule has 0 bridgehead atoms. The number of benzene rings is 1. The quantitative estimate of drug-likeness (QED) is 0.770. The van der Waals surface area contributed by atoms with E-state index in [0.29, 0.717) is 26.1 Å². The van der Waals surface area contributed by atoms with Crippen molar-refractivity contribution in [2.75, 3.05) is 13.1 Å². The van der Waals surface area contributed by atoms with Crippen LogP contribution in [0.3, 0.4) is 0 Å². The van der Waals surface area contributed by atoms with E-state index in [9.17, 15) is 17.6 Å². The van der Waals surface area contributed by atoms with Crippen molar-refractivity contribution in [3.05, 3.63) is 35.1 Å². The van der Waals surface area contributed by atoms with Gasteiger partial charge in [0.25, 0.3) is 5.66 Å². The summed E-state index contributed by atoms with van der Waals surface area (Å²) in [6, 6.07) is 4.62. The molecule has 1 atom stereocenters. The molecule has 1 fully saturated rings. The minimum atomic E-state index is -4.39. The molecule has 2 aliphatic rings. The Morgan fingerprint density at radius 2 is 2.05 bits per heavy atom. The number of alkyl halides is 3. The average molecular weight is 315 g/mol. The van der Waals surface area contributed by atoms with E-state index in [4.69, 9.17) is 0 Å². The molecular weight excluding hydrogens is 298 g/mol. The standard InChI is InChI=1S/C15H17F4N3/c1-10-2-3-13(16)6-12(10)9-22-5-4-11(8-22)7-14(20-21-14)15(17,18)19/h2-3,6,11H,4-5,7-9H2,1H3. The van der Waals surface area contributed by atoms with Gasteiger partial charge in [-0.3, -0.25) is 4.90 Å². The lowest BCUT2D eigenvalue weighted by Crippen LogP contribution is -2.35. The zero-order chi connectivity index (χ0) is 16.0. The molecule has 1 unspecified atom stereocenters. The Bertz CT molecular complexity index is 591. The summed E-state index contributed by atoms with van der Waals surface area (Å²) in [4.78, 5) is 2.07. The molecule has 1 aromatic carbocycles. The predicted octanol–water partition coefficient (Wildman–Crippen LogP) is 4.07. The molecule has 0 aromatic heterocycles. The minimum Gasteiger partial charge on any atom is -0.299 e. The van der Waals surface area contributed by atoms with E-state index in [1.165, 1.54) is 12.1 Å². The Morgan fingerprint density at radius 3 is 2.68 bits per heavy atom. The fraction of sp³-hybridized carbons (Fsp3) is 0.600. The zero-order valence-corrected chi connectivity index (χ0v) is 12.2. The van der Waals surface area contributed by atoms with Gasteiger partial charge in [-0.2, -0.15) is 13.2 Å². The van der Waals surface area contributed by atoms with E-state index >= 15 is 0 Å². The monoisotopic (exact) mass is 315 g/mol. The summed E-state index contributed by atoms with van der Waals surface area (Å²) in [5.41, 5.74) is -0.279. The first-order valence-corrected chi connectivity index (χ1v) is 7.27. The molecule has 0 amide bonds. The van der Waals surface area contributed by atoms with E-state index in [1.807, 2.05) is 6.92 Å². The van der Waals surface area contributed by atoms with Gasteiger partial charge in [0.05, 0.1) is 0 Å². The van der Waals surface area contributed by atoms with Crippen LogP contribution in [0.4, 0.5) is 17.6 Å². The van der Waals surface area contributed by atoms with E-state index in [2.05, 4.69) is 15.1 Å². The molecule has 7 heteroatoms. The maximum absolute atomic E-state index is 13.3. The van der Waals surface area contributed by atoms with Crippen molar-refractivity contribution in [2.24, 2.45) is 16.1 Å². The second kappa shape index (κ2) is 5.30. The minimum absolute atomic E-state index is 0.0743. The lowest BCUT2D eigenvalue weighted by atomic mass is 9.96. The van der Waals surface area contributed by atoms with Gasteiger partial charge in [0.15, 0.2) is 0 Å². The molecule has 3 nitrogen and oxygen atoms in total. The smallest absolute Gasteiger partial charge is 0.299 e. The Morgan fingerprint density at radius 1 is 1.32 bits per heavy atom. The first-order chi connectivity index (χ1) is 10.3. The van der Waals surface area contributed by atoms with Crippen LogP contribution < -0.4 is 0 Å². The number of halogens is 4. The first kappa shape index (κ1) is 15.4. The van der Waals surface area contributed by atoms with Crippen LogP contribution in [0.5, 0.6) is 0 Å². The topological polar surface area (TPSA) is 28.0 Å². The molecule has 0 saturated carbocycles. The van der Waals surface area contributed by atoms with Gasteiger partial charge in [-0.05, 0) is 49.1 Å². The third kappa shape index (κ3) is 2.99. The molecule has 0 aliphatic carbocycles. The van der Waals surface area contributed by atoms with E-state index in [1.54, 1.807) is 6.07 Å². The second-order valence-corrected chi connectivity index (χ2v) is 6.18. The van der Waals surface area contributed by atoms with Gasteiger partial charge in [0.2, 0.25) is 0 Å². The molecular formula is C15H17F4N3. The van der Waals surface area contributed by atoms with Crippen molar-refractivity contribution in [3.63, 3.8) is 0 Å². The van der Waals surface area contributed by atoms with Crippen LogP contribution in [-0.4, -0.2) is 29.8 Å². The van der Waals surface area contributed by atoms with E-state index < -0.39 is 11.8 Å². The molecule has 2 aliphatic heterocycles. The van der Waals surface area contributed by atoms with Crippen LogP contribution in [-0.2, 0) is 6.54 Å². The number of likely N-dealkylation sites (tertiary alicyclic amines) is 1. The van der Waals surface area contributed by atoms with Crippen LogP contribution in [0.2, 0.25) is 0 Å². The Kier molecular flexibility index (Phi) is 3.71. The molecule has 3 rings (SSSR count). The maximum Gasteiger partial charge on any atom is 0.437 e. The molecule has 2 heterocycles. The molecule has 1 saturated heterocycles. The number of aryl methyl sites for hydroxylation is 1. The van der Waals surface area contributed by atoms with E-state index in [0.717, 1.165) is 11.1 Å². The molecule has 0 spiro atoms. The highest BCUT2D eigenvalue weighted by Crippen LogP contribution is 2.49. The van der Waals surface area contributed by atoms with Gasteiger partial charge < -0.3 is 0 Å². The van der Waals surface area contributed by atoms with Crippen molar-refractivity contribution < 1.29 is 17.6 Å². The van der Waals surface area contributed by atoms with Crippen LogP contribution in [0.15, 0.2) is 28.4 Å². The fourth-order valence-corrected chi connectivity index (χ4v) is 3.05. The number of hydrogen-bond acceptors (Lipinski definition) is 3. The Hall–Kier alpha value is -1.50. The summed E-state index contributed by atoms with van der Waals surface area (Å²) in [6.45, 7) is 3.75. The summed E-state index contributed by atoms with van der Waals surface area (Å²) in [7, 11) is 0. The highest BCUT2D eigenvalue weighted by Gasteiger charge is 2.64. The second-order valence-electron chi connectivity index (χ2n) is 6.18. The molecule has 1 aromatic rings. The highest BCUT2D eigenvalue weighted by atomic mass is 19.4. The molecule has 22 heavy (non-hydrogen) atoms. The number of nitrogens with zero attached hydrogens (tertiary/aromatic N) is 3. The normalized spacial score (nSPS) is 24.0. The number of rotatable bonds is 4. The predicted molar refractivity (Wildman–Crippen MR) is 72.8 cm³/mol. The molecule has 0 N–H and O–H groups in total. The Labute approximate surface area is 126 Å². The summed E-state index contributed by atoms with van der Waals surface area (Å²) >= 11 is 0. The molecule has 0 radical (unpaired) electrons. The van der Waals surface area contributed by atoms with Crippen molar-refractivity contribution >= 4 is 0 Å². The SMILES string of the molecule is Cc1ccc(F)cc1CN1CCC(CC2(C(F)(F)F)N=N2)C1.